The lowest BCUT2D eigenvalue weighted by Crippen LogP contribution is -2.26. The minimum Gasteiger partial charge on any atom is -0.495 e. The van der Waals surface area contributed by atoms with Crippen molar-refractivity contribution in [3.05, 3.63) is 34.8 Å². The number of rotatable bonds is 6. The average Bonchev–Trinajstić information content (AvgIpc) is 2.98. The van der Waals surface area contributed by atoms with Gasteiger partial charge in [-0.05, 0) is 25.1 Å². The molecule has 0 saturated carbocycles. The Hall–Kier alpha value is -2.01. The third-order valence-electron chi connectivity index (χ3n) is 3.14. The summed E-state index contributed by atoms with van der Waals surface area (Å²) in [5.74, 6) is -0.357. The normalized spacial score (nSPS) is 11.5. The predicted molar refractivity (Wildman–Crippen MR) is 89.8 cm³/mol. The van der Waals surface area contributed by atoms with Crippen LogP contribution in [0.4, 0.5) is 5.13 Å². The number of anilines is 1. The fourth-order valence-electron chi connectivity index (χ4n) is 1.84. The Morgan fingerprint density at radius 2 is 2.04 bits per heavy atom. The molecule has 0 aliphatic heterocycles. The standard InChI is InChI=1S/C14H17N3O5S2/c1-9-8-15-14(23-9)16-13(18)10-5-6-11(21-3)12(7-10)24(19,20)17(2)22-4/h5-8H,1-4H3,(H,15,16,18). The summed E-state index contributed by atoms with van der Waals surface area (Å²) < 4.78 is 30.7. The van der Waals surface area contributed by atoms with Crippen LogP contribution in [0.3, 0.4) is 0 Å². The molecule has 1 aromatic heterocycles. The van der Waals surface area contributed by atoms with Gasteiger partial charge in [0.1, 0.15) is 10.6 Å². The molecule has 0 bridgehead atoms. The Balaban J connectivity index is 2.39. The van der Waals surface area contributed by atoms with Crippen LogP contribution >= 0.6 is 11.3 Å². The van der Waals surface area contributed by atoms with Gasteiger partial charge < -0.3 is 4.74 Å². The minimum absolute atomic E-state index is 0.112. The summed E-state index contributed by atoms with van der Waals surface area (Å²) in [7, 11) is -0.140. The Kier molecular flexibility index (Phi) is 5.54. The summed E-state index contributed by atoms with van der Waals surface area (Å²) in [5, 5.41) is 3.06. The third-order valence-corrected chi connectivity index (χ3v) is 5.67. The maximum atomic E-state index is 12.5. The van der Waals surface area contributed by atoms with Gasteiger partial charge in [-0.15, -0.1) is 11.3 Å². The average molecular weight is 371 g/mol. The summed E-state index contributed by atoms with van der Waals surface area (Å²) >= 11 is 1.32. The monoisotopic (exact) mass is 371 g/mol. The number of aryl methyl sites for hydroxylation is 1. The highest BCUT2D eigenvalue weighted by molar-refractivity contribution is 7.89. The van der Waals surface area contributed by atoms with Crippen LogP contribution in [0.1, 0.15) is 15.2 Å². The van der Waals surface area contributed by atoms with Gasteiger partial charge in [0.15, 0.2) is 5.13 Å². The number of carbonyl (C=O) groups is 1. The van der Waals surface area contributed by atoms with Crippen molar-refractivity contribution in [3.8, 4) is 5.75 Å². The largest absolute Gasteiger partial charge is 0.495 e. The Morgan fingerprint density at radius 3 is 2.58 bits per heavy atom. The summed E-state index contributed by atoms with van der Waals surface area (Å²) in [6.45, 7) is 1.87. The number of methoxy groups -OCH3 is 1. The fraction of sp³-hybridized carbons (Fsp3) is 0.286. The molecule has 10 heteroatoms. The van der Waals surface area contributed by atoms with E-state index in [9.17, 15) is 13.2 Å². The lowest BCUT2D eigenvalue weighted by molar-refractivity contribution is -0.0259. The lowest BCUT2D eigenvalue weighted by Gasteiger charge is -2.17. The van der Waals surface area contributed by atoms with Crippen LogP contribution in [0.15, 0.2) is 29.3 Å². The SMILES string of the molecule is COc1ccc(C(=O)Nc2ncc(C)s2)cc1S(=O)(=O)N(C)OC. The minimum atomic E-state index is -3.96. The number of sulfonamides is 1. The number of amides is 1. The van der Waals surface area contributed by atoms with Crippen LogP contribution in [0.25, 0.3) is 0 Å². The van der Waals surface area contributed by atoms with Crippen LogP contribution in [0.5, 0.6) is 5.75 Å². The first-order valence-electron chi connectivity index (χ1n) is 6.74. The number of aromatic nitrogens is 1. The zero-order chi connectivity index (χ0) is 17.9. The molecule has 1 N–H and O–H groups in total. The van der Waals surface area contributed by atoms with Crippen molar-refractivity contribution in [2.24, 2.45) is 0 Å². The highest BCUT2D eigenvalue weighted by atomic mass is 32.2. The van der Waals surface area contributed by atoms with Crippen LogP contribution in [0.2, 0.25) is 0 Å². The van der Waals surface area contributed by atoms with E-state index >= 15 is 0 Å². The molecule has 0 fully saturated rings. The van der Waals surface area contributed by atoms with Gasteiger partial charge in [0.05, 0.1) is 14.2 Å². The van der Waals surface area contributed by atoms with Gasteiger partial charge in [0, 0.05) is 23.7 Å². The van der Waals surface area contributed by atoms with Crippen LogP contribution < -0.4 is 10.1 Å². The number of hydrogen-bond acceptors (Lipinski definition) is 7. The van der Waals surface area contributed by atoms with Crippen molar-refractivity contribution in [1.82, 2.24) is 9.45 Å². The van der Waals surface area contributed by atoms with Gasteiger partial charge in [-0.1, -0.05) is 4.47 Å². The van der Waals surface area contributed by atoms with Crippen molar-refractivity contribution in [2.75, 3.05) is 26.6 Å². The molecule has 2 aromatic rings. The van der Waals surface area contributed by atoms with Gasteiger partial charge in [-0.25, -0.2) is 13.4 Å². The van der Waals surface area contributed by atoms with Crippen molar-refractivity contribution in [3.63, 3.8) is 0 Å². The van der Waals surface area contributed by atoms with E-state index in [0.717, 1.165) is 4.88 Å². The van der Waals surface area contributed by atoms with E-state index in [2.05, 4.69) is 10.3 Å². The molecule has 2 rings (SSSR count). The predicted octanol–water partition coefficient (Wildman–Crippen LogP) is 1.89. The van der Waals surface area contributed by atoms with Crippen LogP contribution in [0, 0.1) is 6.92 Å². The first kappa shape index (κ1) is 18.3. The molecular weight excluding hydrogens is 354 g/mol. The number of thiazole rings is 1. The first-order valence-corrected chi connectivity index (χ1v) is 9.00. The molecular formula is C14H17N3O5S2. The molecule has 0 atom stereocenters. The number of ether oxygens (including phenoxy) is 1. The number of benzene rings is 1. The van der Waals surface area contributed by atoms with E-state index in [4.69, 9.17) is 9.57 Å². The molecule has 0 radical (unpaired) electrons. The van der Waals surface area contributed by atoms with E-state index in [1.165, 1.54) is 50.8 Å². The second kappa shape index (κ2) is 7.26. The van der Waals surface area contributed by atoms with E-state index in [-0.39, 0.29) is 16.2 Å². The van der Waals surface area contributed by atoms with Gasteiger partial charge >= 0.3 is 0 Å². The Labute approximate surface area is 144 Å². The number of hydrogen-bond donors (Lipinski definition) is 1. The van der Waals surface area contributed by atoms with Crippen molar-refractivity contribution >= 4 is 32.4 Å². The number of nitrogens with zero attached hydrogens (tertiary/aromatic N) is 2. The van der Waals surface area contributed by atoms with Crippen LogP contribution in [-0.2, 0) is 14.9 Å². The Bertz CT molecular complexity index is 848. The summed E-state index contributed by atoms with van der Waals surface area (Å²) in [6, 6.07) is 4.12. The number of nitrogens with one attached hydrogen (secondary N) is 1. The van der Waals surface area contributed by atoms with Gasteiger partial charge in [-0.3, -0.25) is 14.9 Å². The van der Waals surface area contributed by atoms with Crippen molar-refractivity contribution < 1.29 is 22.8 Å². The Morgan fingerprint density at radius 1 is 1.33 bits per heavy atom. The lowest BCUT2D eigenvalue weighted by atomic mass is 10.2. The van der Waals surface area contributed by atoms with E-state index in [1.54, 1.807) is 6.20 Å². The zero-order valence-corrected chi connectivity index (χ0v) is 15.2. The van der Waals surface area contributed by atoms with Crippen molar-refractivity contribution in [2.45, 2.75) is 11.8 Å². The van der Waals surface area contributed by atoms with Gasteiger partial charge in [0.2, 0.25) is 0 Å². The summed E-state index contributed by atoms with van der Waals surface area (Å²) in [4.78, 5) is 21.9. The summed E-state index contributed by atoms with van der Waals surface area (Å²) in [6.07, 6.45) is 1.64. The molecule has 1 aromatic carbocycles. The van der Waals surface area contributed by atoms with Gasteiger partial charge in [0.25, 0.3) is 15.9 Å². The molecule has 0 spiro atoms. The molecule has 1 amide bonds. The highest BCUT2D eigenvalue weighted by Crippen LogP contribution is 2.28. The first-order chi connectivity index (χ1) is 11.3. The van der Waals surface area contributed by atoms with E-state index < -0.39 is 15.9 Å². The fourth-order valence-corrected chi connectivity index (χ4v) is 3.65. The molecule has 0 unspecified atom stereocenters. The molecule has 1 heterocycles. The second-order valence-corrected chi connectivity index (χ2v) is 7.83. The molecule has 0 aliphatic carbocycles. The topological polar surface area (TPSA) is 97.8 Å². The molecule has 0 aliphatic rings. The van der Waals surface area contributed by atoms with Crippen molar-refractivity contribution in [1.29, 1.82) is 0 Å². The van der Waals surface area contributed by atoms with E-state index in [0.29, 0.717) is 9.60 Å². The highest BCUT2D eigenvalue weighted by Gasteiger charge is 2.26. The molecule has 0 saturated heterocycles. The quantitative estimate of drug-likeness (QED) is 0.779. The van der Waals surface area contributed by atoms with Crippen LogP contribution in [-0.4, -0.2) is 45.0 Å². The molecule has 24 heavy (non-hydrogen) atoms. The maximum absolute atomic E-state index is 12.5. The molecule has 130 valence electrons. The second-order valence-electron chi connectivity index (χ2n) is 4.69. The smallest absolute Gasteiger partial charge is 0.268 e. The molecule has 8 nitrogen and oxygen atoms in total. The summed E-state index contributed by atoms with van der Waals surface area (Å²) in [5.41, 5.74) is 0.159. The number of hydroxylamine groups is 1. The number of carbonyl (C=O) groups excluding carboxylic acids is 1. The van der Waals surface area contributed by atoms with Gasteiger partial charge in [-0.2, -0.15) is 0 Å². The zero-order valence-electron chi connectivity index (χ0n) is 13.6. The third kappa shape index (κ3) is 3.73. The maximum Gasteiger partial charge on any atom is 0.268 e. The van der Waals surface area contributed by atoms with E-state index in [1.807, 2.05) is 6.92 Å².